The molecule has 1 saturated carbocycles. The highest BCUT2D eigenvalue weighted by Crippen LogP contribution is 2.55. The van der Waals surface area contributed by atoms with Gasteiger partial charge in [-0.1, -0.05) is 24.3 Å². The average molecular weight is 794 g/mol. The van der Waals surface area contributed by atoms with Crippen LogP contribution in [0.25, 0.3) is 0 Å². The van der Waals surface area contributed by atoms with E-state index in [1.165, 1.54) is 28.7 Å². The van der Waals surface area contributed by atoms with E-state index in [1.807, 2.05) is 29.3 Å². The first kappa shape index (κ1) is 37.9. The van der Waals surface area contributed by atoms with Crippen LogP contribution in [0.5, 0.6) is 5.75 Å². The van der Waals surface area contributed by atoms with Gasteiger partial charge in [0.25, 0.3) is 5.91 Å². The fourth-order valence-electron chi connectivity index (χ4n) is 6.93. The number of amides is 1. The van der Waals surface area contributed by atoms with Crippen molar-refractivity contribution in [2.75, 3.05) is 45.1 Å². The van der Waals surface area contributed by atoms with E-state index in [0.29, 0.717) is 18.5 Å². The van der Waals surface area contributed by atoms with E-state index >= 15 is 4.39 Å². The number of thioether (sulfide) groups is 1. The highest BCUT2D eigenvalue weighted by atomic mass is 32.2. The van der Waals surface area contributed by atoms with Crippen molar-refractivity contribution in [1.82, 2.24) is 9.58 Å². The Labute approximate surface area is 310 Å². The van der Waals surface area contributed by atoms with Gasteiger partial charge in [-0.25, -0.2) is 36.5 Å². The summed E-state index contributed by atoms with van der Waals surface area (Å²) in [5.41, 5.74) is 0.333. The Morgan fingerprint density at radius 3 is 2.28 bits per heavy atom. The van der Waals surface area contributed by atoms with E-state index in [0.717, 1.165) is 41.9 Å². The molecular weight excluding hydrogens is 759 g/mol. The van der Waals surface area contributed by atoms with Crippen molar-refractivity contribution in [1.29, 1.82) is 0 Å². The van der Waals surface area contributed by atoms with Crippen molar-refractivity contribution in [2.45, 2.75) is 48.5 Å². The maximum atomic E-state index is 15.6. The topological polar surface area (TPSA) is 193 Å². The quantitative estimate of drug-likeness (QED) is 0.145. The third kappa shape index (κ3) is 7.36. The Morgan fingerprint density at radius 1 is 0.907 bits per heavy atom. The molecule has 3 aliphatic heterocycles. The molecule has 1 saturated heterocycles. The van der Waals surface area contributed by atoms with Crippen LogP contribution in [0.2, 0.25) is 0 Å². The molecule has 1 amide bonds. The van der Waals surface area contributed by atoms with Gasteiger partial charge in [-0.15, -0.1) is 11.8 Å². The second-order valence-corrected chi connectivity index (χ2v) is 15.6. The molecule has 0 radical (unpaired) electrons. The number of aromatic nitrogens is 1. The predicted molar refractivity (Wildman–Crippen MR) is 181 cm³/mol. The Balaban J connectivity index is 1.27. The van der Waals surface area contributed by atoms with E-state index in [2.05, 4.69) is 9.47 Å². The molecule has 20 heteroatoms. The minimum Gasteiger partial charge on any atom is -0.460 e. The number of rotatable bonds is 13. The Hall–Kier alpha value is -4.36. The third-order valence-electron chi connectivity index (χ3n) is 9.72. The van der Waals surface area contributed by atoms with Crippen molar-refractivity contribution >= 4 is 37.4 Å². The van der Waals surface area contributed by atoms with Crippen molar-refractivity contribution < 1.29 is 65.7 Å². The largest absolute Gasteiger partial charge is 0.483 e. The summed E-state index contributed by atoms with van der Waals surface area (Å²) in [5.74, 6) is -5.17. The number of fused-ring (bicyclic) bond motifs is 4. The molecule has 288 valence electrons. The lowest BCUT2D eigenvalue weighted by atomic mass is 9.88. The molecule has 1 aromatic heterocycles. The highest BCUT2D eigenvalue weighted by molar-refractivity contribution is 7.98. The molecule has 2 aromatic carbocycles. The monoisotopic (exact) mass is 793 g/mol. The molecule has 2 fully saturated rings. The highest BCUT2D eigenvalue weighted by Gasteiger charge is 2.54. The zero-order valence-corrected chi connectivity index (χ0v) is 30.1. The van der Waals surface area contributed by atoms with Gasteiger partial charge in [0.15, 0.2) is 17.3 Å². The van der Waals surface area contributed by atoms with Gasteiger partial charge < -0.3 is 29.3 Å². The molecule has 16 nitrogen and oxygen atoms in total. The average Bonchev–Trinajstić information content (AvgIpc) is 3.95. The summed E-state index contributed by atoms with van der Waals surface area (Å²) in [6.45, 7) is -4.83. The molecule has 4 aliphatic rings. The van der Waals surface area contributed by atoms with Crippen LogP contribution in [-0.2, 0) is 43.0 Å². The number of esters is 2. The SMILES string of the molecule is O=C(CO)OCOP(=O)(OCOC(=O)CO)OCOc1c2n(ccc1=O)N([C@@H]1c3ccccc3SCc3c1ccc(F)c3F)[C@@H]1CCC3(CC3)CN1C2=O. The molecule has 54 heavy (non-hydrogen) atoms. The molecule has 3 aromatic rings. The number of hydrogen-bond donors (Lipinski definition) is 2. The number of carbonyl (C=O) groups excluding carboxylic acids is 3. The van der Waals surface area contributed by atoms with Gasteiger partial charge in [-0.05, 0) is 54.4 Å². The molecular formula is C34H34F2N3O13PS. The summed E-state index contributed by atoms with van der Waals surface area (Å²) in [7, 11) is -4.83. The van der Waals surface area contributed by atoms with E-state index in [4.69, 9.17) is 28.5 Å². The van der Waals surface area contributed by atoms with Crippen LogP contribution in [-0.4, -0.2) is 83.9 Å². The summed E-state index contributed by atoms with van der Waals surface area (Å²) in [6, 6.07) is 10.4. The van der Waals surface area contributed by atoms with Crippen molar-refractivity contribution in [2.24, 2.45) is 5.41 Å². The zero-order chi connectivity index (χ0) is 38.2. The second-order valence-electron chi connectivity index (χ2n) is 12.9. The molecule has 4 heterocycles. The summed E-state index contributed by atoms with van der Waals surface area (Å²) in [4.78, 5) is 53.2. The van der Waals surface area contributed by atoms with Gasteiger partial charge in [0, 0.05) is 35.0 Å². The van der Waals surface area contributed by atoms with Crippen LogP contribution in [0.1, 0.15) is 58.9 Å². The minimum atomic E-state index is -4.83. The molecule has 1 aliphatic carbocycles. The number of hydrogen-bond acceptors (Lipinski definition) is 15. The van der Waals surface area contributed by atoms with Crippen LogP contribution < -0.4 is 15.2 Å². The number of nitrogens with zero attached hydrogens (tertiary/aromatic N) is 3. The molecule has 0 bridgehead atoms. The van der Waals surface area contributed by atoms with Gasteiger partial charge in [0.05, 0.1) is 6.04 Å². The van der Waals surface area contributed by atoms with Gasteiger partial charge in [0.2, 0.25) is 31.6 Å². The second kappa shape index (κ2) is 15.4. The smallest absolute Gasteiger partial charge is 0.460 e. The van der Waals surface area contributed by atoms with Crippen molar-refractivity contribution in [3.63, 3.8) is 0 Å². The van der Waals surface area contributed by atoms with Gasteiger partial charge in [-0.2, -0.15) is 0 Å². The number of halogens is 2. The molecule has 7 rings (SSSR count). The Bertz CT molecular complexity index is 2060. The third-order valence-corrected chi connectivity index (χ3v) is 12.1. The van der Waals surface area contributed by atoms with Crippen LogP contribution >= 0.6 is 19.6 Å². The van der Waals surface area contributed by atoms with Crippen molar-refractivity contribution in [3.8, 4) is 5.75 Å². The number of benzene rings is 2. The van der Waals surface area contributed by atoms with E-state index < -0.39 is 94.3 Å². The summed E-state index contributed by atoms with van der Waals surface area (Å²) < 4.78 is 74.9. The summed E-state index contributed by atoms with van der Waals surface area (Å²) in [6.07, 6.45) is 4.01. The zero-order valence-electron chi connectivity index (χ0n) is 28.4. The summed E-state index contributed by atoms with van der Waals surface area (Å²) in [5, 5.41) is 19.6. The van der Waals surface area contributed by atoms with Gasteiger partial charge >= 0.3 is 19.8 Å². The molecule has 0 unspecified atom stereocenters. The Kier molecular flexibility index (Phi) is 10.8. The maximum Gasteiger partial charge on any atom is 0.483 e. The number of phosphoric ester groups is 1. The minimum absolute atomic E-state index is 0.0934. The number of phosphoric acid groups is 1. The fraction of sp³-hybridized carbons (Fsp3) is 0.412. The normalized spacial score (nSPS) is 19.6. The lowest BCUT2D eigenvalue weighted by Crippen LogP contribution is -2.65. The van der Waals surface area contributed by atoms with Gasteiger partial charge in [0.1, 0.15) is 19.4 Å². The number of aliphatic hydroxyl groups is 2. The van der Waals surface area contributed by atoms with Crippen LogP contribution in [0.4, 0.5) is 8.78 Å². The van der Waals surface area contributed by atoms with Crippen LogP contribution in [0.3, 0.4) is 0 Å². The summed E-state index contributed by atoms with van der Waals surface area (Å²) >= 11 is 1.35. The van der Waals surface area contributed by atoms with E-state index in [9.17, 15) is 28.1 Å². The number of aliphatic hydroxyl groups excluding tert-OH is 2. The maximum absolute atomic E-state index is 15.6. The first-order chi connectivity index (χ1) is 26.0. The molecule has 2 N–H and O–H groups in total. The lowest BCUT2D eigenvalue weighted by molar-refractivity contribution is -0.157. The predicted octanol–water partition coefficient (Wildman–Crippen LogP) is 3.30. The van der Waals surface area contributed by atoms with Crippen molar-refractivity contribution in [3.05, 3.63) is 92.9 Å². The number of pyridine rings is 1. The number of ether oxygens (including phenoxy) is 3. The fourth-order valence-corrected chi connectivity index (χ4v) is 8.82. The number of piperidine rings is 1. The van der Waals surface area contributed by atoms with E-state index in [-0.39, 0.29) is 22.4 Å². The first-order valence-electron chi connectivity index (χ1n) is 16.7. The molecule has 2 atom stereocenters. The number of carbonyl (C=O) groups is 3. The van der Waals surface area contributed by atoms with E-state index in [1.54, 1.807) is 4.90 Å². The van der Waals surface area contributed by atoms with Crippen LogP contribution in [0, 0.1) is 17.0 Å². The lowest BCUT2D eigenvalue weighted by Gasteiger charge is -2.53. The van der Waals surface area contributed by atoms with Crippen LogP contribution in [0.15, 0.2) is 58.4 Å². The standard InChI is InChI=1S/C34H34F2N3O13PS/c35-23-6-5-20-22(29(23)36)15-54-25-4-2-1-3-21(25)30(20)39-26-7-9-34(10-11-34)16-37(26)33(45)31-32(24(42)8-12-38(31)39)49-19-52-53(46,50-17-47-27(43)13-40)51-18-48-28(44)14-41/h1-6,8,12,26,30,40-41H,7,9-11,13-19H2/t26-,30+/m1/s1. The van der Waals surface area contributed by atoms with Gasteiger partial charge in [-0.3, -0.25) is 19.3 Å². The first-order valence-corrected chi connectivity index (χ1v) is 19.2. The Morgan fingerprint density at radius 2 is 1.59 bits per heavy atom. The molecule has 1 spiro atoms.